The summed E-state index contributed by atoms with van der Waals surface area (Å²) in [6.45, 7) is 5.37. The molecule has 0 spiro atoms. The monoisotopic (exact) mass is 331 g/mol. The van der Waals surface area contributed by atoms with Crippen LogP contribution < -0.4 is 0 Å². The van der Waals surface area contributed by atoms with Gasteiger partial charge in [0.25, 0.3) is 5.91 Å². The number of thiophene rings is 1. The average Bonchev–Trinajstić information content (AvgIpc) is 2.92. The van der Waals surface area contributed by atoms with E-state index < -0.39 is 0 Å². The fourth-order valence-corrected chi connectivity index (χ4v) is 4.31. The third-order valence-electron chi connectivity index (χ3n) is 4.37. The van der Waals surface area contributed by atoms with Gasteiger partial charge >= 0.3 is 5.97 Å². The average molecular weight is 331 g/mol. The molecule has 1 amide bonds. The SMILES string of the molecule is CCOC(=O)[C@H]1CCCN(C(=O)c2sc3ccccc3c2C)C1. The van der Waals surface area contributed by atoms with E-state index in [4.69, 9.17) is 4.74 Å². The van der Waals surface area contributed by atoms with Gasteiger partial charge in [-0.3, -0.25) is 9.59 Å². The van der Waals surface area contributed by atoms with Gasteiger partial charge < -0.3 is 9.64 Å². The van der Waals surface area contributed by atoms with Gasteiger partial charge in [0.15, 0.2) is 0 Å². The third kappa shape index (κ3) is 3.11. The fourth-order valence-electron chi connectivity index (χ4n) is 3.14. The van der Waals surface area contributed by atoms with E-state index in [-0.39, 0.29) is 17.8 Å². The Morgan fingerprint density at radius 2 is 2.13 bits per heavy atom. The smallest absolute Gasteiger partial charge is 0.310 e. The molecule has 1 aliphatic heterocycles. The highest BCUT2D eigenvalue weighted by Gasteiger charge is 2.31. The lowest BCUT2D eigenvalue weighted by Gasteiger charge is -2.31. The maximum Gasteiger partial charge on any atom is 0.310 e. The molecule has 0 unspecified atom stereocenters. The highest BCUT2D eigenvalue weighted by molar-refractivity contribution is 7.21. The lowest BCUT2D eigenvalue weighted by Crippen LogP contribution is -2.42. The maximum absolute atomic E-state index is 12.9. The second-order valence-corrected chi connectivity index (χ2v) is 6.95. The number of benzene rings is 1. The van der Waals surface area contributed by atoms with Crippen LogP contribution in [0.1, 0.15) is 35.0 Å². The number of hydrogen-bond donors (Lipinski definition) is 0. The maximum atomic E-state index is 12.9. The van der Waals surface area contributed by atoms with Gasteiger partial charge in [-0.15, -0.1) is 11.3 Å². The molecule has 1 aromatic carbocycles. The molecule has 4 nitrogen and oxygen atoms in total. The van der Waals surface area contributed by atoms with Gasteiger partial charge in [-0.25, -0.2) is 0 Å². The number of fused-ring (bicyclic) bond motifs is 1. The number of amides is 1. The van der Waals surface area contributed by atoms with Crippen LogP contribution in [0.25, 0.3) is 10.1 Å². The molecule has 122 valence electrons. The van der Waals surface area contributed by atoms with E-state index in [0.717, 1.165) is 33.4 Å². The predicted molar refractivity (Wildman–Crippen MR) is 91.8 cm³/mol. The van der Waals surface area contributed by atoms with Gasteiger partial charge in [-0.2, -0.15) is 0 Å². The summed E-state index contributed by atoms with van der Waals surface area (Å²) in [5.74, 6) is -0.335. The van der Waals surface area contributed by atoms with Crippen LogP contribution in [0.4, 0.5) is 0 Å². The van der Waals surface area contributed by atoms with Crippen LogP contribution in [0.5, 0.6) is 0 Å². The van der Waals surface area contributed by atoms with Crippen molar-refractivity contribution in [1.29, 1.82) is 0 Å². The minimum atomic E-state index is -0.192. The molecule has 0 bridgehead atoms. The summed E-state index contributed by atoms with van der Waals surface area (Å²) in [7, 11) is 0. The zero-order valence-electron chi connectivity index (χ0n) is 13.5. The van der Waals surface area contributed by atoms with Crippen molar-refractivity contribution in [3.8, 4) is 0 Å². The fraction of sp³-hybridized carbons (Fsp3) is 0.444. The predicted octanol–water partition coefficient (Wildman–Crippen LogP) is 3.63. The van der Waals surface area contributed by atoms with Gasteiger partial charge in [0.2, 0.25) is 0 Å². The Hall–Kier alpha value is -1.88. The Labute approximate surface area is 140 Å². The van der Waals surface area contributed by atoms with E-state index in [2.05, 4.69) is 6.07 Å². The number of likely N-dealkylation sites (tertiary alicyclic amines) is 1. The normalized spacial score (nSPS) is 18.2. The van der Waals surface area contributed by atoms with E-state index in [1.54, 1.807) is 0 Å². The molecule has 0 N–H and O–H groups in total. The molecule has 5 heteroatoms. The molecule has 3 rings (SSSR count). The second-order valence-electron chi connectivity index (χ2n) is 5.89. The first kappa shape index (κ1) is 16.0. The molecule has 2 heterocycles. The van der Waals surface area contributed by atoms with Crippen molar-refractivity contribution in [2.75, 3.05) is 19.7 Å². The van der Waals surface area contributed by atoms with E-state index in [1.807, 2.05) is 36.9 Å². The molecular weight excluding hydrogens is 310 g/mol. The largest absolute Gasteiger partial charge is 0.466 e. The molecule has 1 atom stereocenters. The van der Waals surface area contributed by atoms with Gasteiger partial charge in [-0.1, -0.05) is 18.2 Å². The standard InChI is InChI=1S/C18H21NO3S/c1-3-22-18(21)13-7-6-10-19(11-13)17(20)16-12(2)14-8-4-5-9-15(14)23-16/h4-5,8-9,13H,3,6-7,10-11H2,1-2H3/t13-/m0/s1. The topological polar surface area (TPSA) is 46.6 Å². The van der Waals surface area contributed by atoms with Crippen LogP contribution in [-0.2, 0) is 9.53 Å². The van der Waals surface area contributed by atoms with Crippen molar-refractivity contribution in [3.63, 3.8) is 0 Å². The first-order valence-electron chi connectivity index (χ1n) is 8.05. The number of nitrogens with zero attached hydrogens (tertiary/aromatic N) is 1. The zero-order valence-corrected chi connectivity index (χ0v) is 14.3. The van der Waals surface area contributed by atoms with Crippen molar-refractivity contribution in [2.45, 2.75) is 26.7 Å². The van der Waals surface area contributed by atoms with Gasteiger partial charge in [0, 0.05) is 17.8 Å². The third-order valence-corrected chi connectivity index (χ3v) is 5.63. The van der Waals surface area contributed by atoms with E-state index in [9.17, 15) is 9.59 Å². The van der Waals surface area contributed by atoms with Crippen LogP contribution in [0.3, 0.4) is 0 Å². The number of piperidine rings is 1. The Kier molecular flexibility index (Phi) is 4.66. The minimum Gasteiger partial charge on any atom is -0.466 e. The van der Waals surface area contributed by atoms with Crippen molar-refractivity contribution < 1.29 is 14.3 Å². The van der Waals surface area contributed by atoms with Gasteiger partial charge in [-0.05, 0) is 43.7 Å². The summed E-state index contributed by atoms with van der Waals surface area (Å²) in [4.78, 5) is 27.4. The van der Waals surface area contributed by atoms with E-state index >= 15 is 0 Å². The number of esters is 1. The zero-order chi connectivity index (χ0) is 16.4. The number of rotatable bonds is 3. The quantitative estimate of drug-likeness (QED) is 0.807. The number of ether oxygens (including phenoxy) is 1. The lowest BCUT2D eigenvalue weighted by molar-refractivity contribution is -0.149. The van der Waals surface area contributed by atoms with E-state index in [0.29, 0.717) is 19.7 Å². The summed E-state index contributed by atoms with van der Waals surface area (Å²) in [5.41, 5.74) is 1.04. The molecule has 2 aromatic rings. The molecule has 0 aliphatic carbocycles. The molecule has 0 radical (unpaired) electrons. The summed E-state index contributed by atoms with van der Waals surface area (Å²) >= 11 is 1.54. The summed E-state index contributed by atoms with van der Waals surface area (Å²) in [6.07, 6.45) is 1.65. The minimum absolute atomic E-state index is 0.0395. The number of carbonyl (C=O) groups is 2. The van der Waals surface area contributed by atoms with Crippen molar-refractivity contribution in [2.24, 2.45) is 5.92 Å². The van der Waals surface area contributed by atoms with Crippen molar-refractivity contribution >= 4 is 33.3 Å². The Balaban J connectivity index is 1.81. The molecule has 1 aliphatic rings. The molecule has 23 heavy (non-hydrogen) atoms. The molecular formula is C18H21NO3S. The van der Waals surface area contributed by atoms with E-state index in [1.165, 1.54) is 11.3 Å². The lowest BCUT2D eigenvalue weighted by atomic mass is 9.98. The Morgan fingerprint density at radius 3 is 2.87 bits per heavy atom. The van der Waals surface area contributed by atoms with Crippen molar-refractivity contribution in [1.82, 2.24) is 4.90 Å². The van der Waals surface area contributed by atoms with Crippen LogP contribution in [0, 0.1) is 12.8 Å². The van der Waals surface area contributed by atoms with Crippen LogP contribution in [0.15, 0.2) is 24.3 Å². The molecule has 0 saturated carbocycles. The van der Waals surface area contributed by atoms with Gasteiger partial charge in [0.1, 0.15) is 0 Å². The highest BCUT2D eigenvalue weighted by Crippen LogP contribution is 2.32. The van der Waals surface area contributed by atoms with Gasteiger partial charge in [0.05, 0.1) is 17.4 Å². The second kappa shape index (κ2) is 6.71. The molecule has 1 aromatic heterocycles. The van der Waals surface area contributed by atoms with Crippen LogP contribution >= 0.6 is 11.3 Å². The molecule has 1 saturated heterocycles. The number of hydrogen-bond acceptors (Lipinski definition) is 4. The van der Waals surface area contributed by atoms with Crippen LogP contribution in [0.2, 0.25) is 0 Å². The Morgan fingerprint density at radius 1 is 1.35 bits per heavy atom. The van der Waals surface area contributed by atoms with Crippen molar-refractivity contribution in [3.05, 3.63) is 34.7 Å². The summed E-state index contributed by atoms with van der Waals surface area (Å²) in [5, 5.41) is 1.14. The van der Waals surface area contributed by atoms with Crippen LogP contribution in [-0.4, -0.2) is 36.5 Å². The number of carbonyl (C=O) groups excluding carboxylic acids is 2. The summed E-state index contributed by atoms with van der Waals surface area (Å²) in [6, 6.07) is 8.08. The summed E-state index contributed by atoms with van der Waals surface area (Å²) < 4.78 is 6.24. The Bertz CT molecular complexity index is 737. The first-order chi connectivity index (χ1) is 11.1. The molecule has 1 fully saturated rings. The highest BCUT2D eigenvalue weighted by atomic mass is 32.1. The number of aryl methyl sites for hydroxylation is 1. The first-order valence-corrected chi connectivity index (χ1v) is 8.87.